The molecular formula is C26H27N5OS. The molecule has 0 saturated carbocycles. The van der Waals surface area contributed by atoms with Gasteiger partial charge in [-0.3, -0.25) is 9.78 Å². The van der Waals surface area contributed by atoms with Crippen molar-refractivity contribution < 1.29 is 4.79 Å². The zero-order valence-electron chi connectivity index (χ0n) is 18.8. The summed E-state index contributed by atoms with van der Waals surface area (Å²) >= 11 is 1.43. The maximum Gasteiger partial charge on any atom is 0.233 e. The number of carbonyl (C=O) groups excluding carboxylic acids is 1. The van der Waals surface area contributed by atoms with Gasteiger partial charge in [0.15, 0.2) is 11.0 Å². The minimum atomic E-state index is -0.151. The van der Waals surface area contributed by atoms with Crippen molar-refractivity contribution in [2.45, 2.75) is 31.1 Å². The van der Waals surface area contributed by atoms with E-state index in [0.29, 0.717) is 0 Å². The fourth-order valence-corrected chi connectivity index (χ4v) is 4.71. The second-order valence-corrected chi connectivity index (χ2v) is 8.65. The van der Waals surface area contributed by atoms with Crippen molar-refractivity contribution in [2.75, 3.05) is 12.8 Å². The zero-order chi connectivity index (χ0) is 23.0. The summed E-state index contributed by atoms with van der Waals surface area (Å²) in [5.41, 5.74) is 3.13. The number of hydrogen-bond acceptors (Lipinski definition) is 5. The quantitative estimate of drug-likeness (QED) is 0.328. The first kappa shape index (κ1) is 22.7. The van der Waals surface area contributed by atoms with Crippen LogP contribution in [0.2, 0.25) is 0 Å². The summed E-state index contributed by atoms with van der Waals surface area (Å²) in [4.78, 5) is 19.2. The molecule has 7 heteroatoms. The van der Waals surface area contributed by atoms with Crippen molar-refractivity contribution in [3.8, 4) is 11.4 Å². The molecule has 0 aliphatic rings. The van der Waals surface area contributed by atoms with Gasteiger partial charge in [-0.15, -0.1) is 10.2 Å². The van der Waals surface area contributed by atoms with Gasteiger partial charge >= 0.3 is 0 Å². The summed E-state index contributed by atoms with van der Waals surface area (Å²) < 4.78 is 2.08. The van der Waals surface area contributed by atoms with Gasteiger partial charge in [-0.05, 0) is 29.7 Å². The van der Waals surface area contributed by atoms with Crippen molar-refractivity contribution in [3.63, 3.8) is 0 Å². The van der Waals surface area contributed by atoms with E-state index in [-0.39, 0.29) is 17.7 Å². The van der Waals surface area contributed by atoms with Crippen LogP contribution in [0.4, 0.5) is 0 Å². The van der Waals surface area contributed by atoms with E-state index >= 15 is 0 Å². The highest BCUT2D eigenvalue weighted by Crippen LogP contribution is 2.29. The van der Waals surface area contributed by atoms with Crippen molar-refractivity contribution >= 4 is 17.7 Å². The molecule has 1 amide bonds. The van der Waals surface area contributed by atoms with Crippen LogP contribution in [0, 0.1) is 0 Å². The Morgan fingerprint density at radius 3 is 2.12 bits per heavy atom. The molecule has 4 aromatic rings. The molecule has 0 fully saturated rings. The summed E-state index contributed by atoms with van der Waals surface area (Å²) in [5.74, 6) is 1.12. The highest BCUT2D eigenvalue weighted by molar-refractivity contribution is 7.99. The number of benzene rings is 2. The predicted octanol–water partition coefficient (Wildman–Crippen LogP) is 5.09. The van der Waals surface area contributed by atoms with Crippen molar-refractivity contribution in [1.82, 2.24) is 24.6 Å². The van der Waals surface area contributed by atoms with Crippen molar-refractivity contribution in [3.05, 3.63) is 96.3 Å². The second-order valence-electron chi connectivity index (χ2n) is 7.71. The molecule has 0 unspecified atom stereocenters. The lowest BCUT2D eigenvalue weighted by atomic mass is 9.97. The Morgan fingerprint density at radius 2 is 1.55 bits per heavy atom. The van der Waals surface area contributed by atoms with Gasteiger partial charge in [0.1, 0.15) is 0 Å². The number of hydrogen-bond donors (Lipinski definition) is 0. The van der Waals surface area contributed by atoms with Gasteiger partial charge in [-0.2, -0.15) is 0 Å². The highest BCUT2D eigenvalue weighted by Gasteiger charge is 2.24. The zero-order valence-corrected chi connectivity index (χ0v) is 19.7. The van der Waals surface area contributed by atoms with Gasteiger partial charge in [-0.1, -0.05) is 79.3 Å². The molecule has 2 heterocycles. The fraction of sp³-hybridized carbons (Fsp3) is 0.231. The number of rotatable bonds is 9. The molecule has 0 radical (unpaired) electrons. The Kier molecular flexibility index (Phi) is 7.52. The lowest BCUT2D eigenvalue weighted by molar-refractivity contribution is -0.128. The van der Waals surface area contributed by atoms with E-state index in [1.54, 1.807) is 12.4 Å². The number of pyridine rings is 1. The van der Waals surface area contributed by atoms with Gasteiger partial charge in [0.05, 0.1) is 11.8 Å². The van der Waals surface area contributed by atoms with E-state index in [0.717, 1.165) is 40.6 Å². The summed E-state index contributed by atoms with van der Waals surface area (Å²) in [7, 11) is 1.87. The van der Waals surface area contributed by atoms with E-state index in [1.165, 1.54) is 11.8 Å². The minimum absolute atomic E-state index is 0.0363. The highest BCUT2D eigenvalue weighted by atomic mass is 32.2. The third-order valence-electron chi connectivity index (χ3n) is 5.44. The van der Waals surface area contributed by atoms with E-state index in [1.807, 2.05) is 60.5 Å². The molecule has 168 valence electrons. The van der Waals surface area contributed by atoms with Crippen molar-refractivity contribution in [1.29, 1.82) is 0 Å². The van der Waals surface area contributed by atoms with Crippen LogP contribution < -0.4 is 0 Å². The van der Waals surface area contributed by atoms with Gasteiger partial charge < -0.3 is 9.47 Å². The summed E-state index contributed by atoms with van der Waals surface area (Å²) in [5, 5.41) is 9.54. The fourth-order valence-electron chi connectivity index (χ4n) is 3.82. The average molecular weight is 458 g/mol. The molecule has 0 saturated heterocycles. The normalized spacial score (nSPS) is 11.0. The Bertz CT molecular complexity index is 1130. The second kappa shape index (κ2) is 10.9. The molecule has 6 nitrogen and oxygen atoms in total. The van der Waals surface area contributed by atoms with Gasteiger partial charge in [-0.25, -0.2) is 0 Å². The van der Waals surface area contributed by atoms with Gasteiger partial charge in [0, 0.05) is 31.5 Å². The first-order valence-corrected chi connectivity index (χ1v) is 12.0. The maximum absolute atomic E-state index is 13.3. The van der Waals surface area contributed by atoms with Crippen molar-refractivity contribution in [2.24, 2.45) is 0 Å². The smallest absolute Gasteiger partial charge is 0.233 e. The third kappa shape index (κ3) is 5.31. The van der Waals surface area contributed by atoms with Crippen LogP contribution in [0.15, 0.2) is 90.3 Å². The first-order chi connectivity index (χ1) is 16.2. The topological polar surface area (TPSA) is 63.9 Å². The Labute approximate surface area is 198 Å². The van der Waals surface area contributed by atoms with Gasteiger partial charge in [0.25, 0.3) is 0 Å². The number of amides is 1. The number of carbonyl (C=O) groups is 1. The van der Waals surface area contributed by atoms with E-state index in [2.05, 4.69) is 50.9 Å². The van der Waals surface area contributed by atoms with Crippen LogP contribution in [0.3, 0.4) is 0 Å². The molecule has 0 spiro atoms. The monoisotopic (exact) mass is 457 g/mol. The molecule has 0 bridgehead atoms. The number of thioether (sulfide) groups is 1. The van der Waals surface area contributed by atoms with Crippen LogP contribution in [0.25, 0.3) is 11.4 Å². The molecule has 0 aliphatic carbocycles. The largest absolute Gasteiger partial charge is 0.334 e. The molecule has 0 atom stereocenters. The summed E-state index contributed by atoms with van der Waals surface area (Å²) in [6, 6.07) is 24.0. The van der Waals surface area contributed by atoms with Crippen LogP contribution in [-0.4, -0.2) is 43.4 Å². The standard InChI is InChI=1S/C26H27N5OS/c1-3-18-31-25(22-14-16-27-17-15-22)28-29-26(31)33-19-23(32)30(2)24(20-10-6-4-7-11-20)21-12-8-5-9-13-21/h4-17,24H,3,18-19H2,1-2H3. The Morgan fingerprint density at radius 1 is 0.939 bits per heavy atom. The SMILES string of the molecule is CCCn1c(SCC(=O)N(C)C(c2ccccc2)c2ccccc2)nnc1-c1ccncc1. The Balaban J connectivity index is 1.54. The van der Waals surface area contributed by atoms with Gasteiger partial charge in [0.2, 0.25) is 5.91 Å². The molecule has 2 aromatic heterocycles. The molecule has 4 rings (SSSR count). The maximum atomic E-state index is 13.3. The predicted molar refractivity (Wildman–Crippen MR) is 132 cm³/mol. The average Bonchev–Trinajstić information content (AvgIpc) is 3.27. The lowest BCUT2D eigenvalue weighted by Gasteiger charge is -2.29. The summed E-state index contributed by atoms with van der Waals surface area (Å²) in [6.07, 6.45) is 4.44. The van der Waals surface area contributed by atoms with Crippen LogP contribution in [0.1, 0.15) is 30.5 Å². The molecule has 2 aromatic carbocycles. The molecule has 0 N–H and O–H groups in total. The molecular weight excluding hydrogens is 430 g/mol. The first-order valence-electron chi connectivity index (χ1n) is 11.0. The van der Waals surface area contributed by atoms with E-state index < -0.39 is 0 Å². The summed E-state index contributed by atoms with van der Waals surface area (Å²) in [6.45, 7) is 2.90. The molecule has 33 heavy (non-hydrogen) atoms. The Hall–Kier alpha value is -3.45. The molecule has 0 aliphatic heterocycles. The minimum Gasteiger partial charge on any atom is -0.334 e. The van der Waals surface area contributed by atoms with E-state index in [4.69, 9.17) is 0 Å². The van der Waals surface area contributed by atoms with Crippen LogP contribution >= 0.6 is 11.8 Å². The third-order valence-corrected chi connectivity index (χ3v) is 6.39. The number of nitrogens with zero attached hydrogens (tertiary/aromatic N) is 5. The van der Waals surface area contributed by atoms with E-state index in [9.17, 15) is 4.79 Å². The number of aromatic nitrogens is 4. The lowest BCUT2D eigenvalue weighted by Crippen LogP contribution is -2.33. The van der Waals surface area contributed by atoms with Crippen LogP contribution in [-0.2, 0) is 11.3 Å². The van der Waals surface area contributed by atoms with Crippen LogP contribution in [0.5, 0.6) is 0 Å².